The van der Waals surface area contributed by atoms with Crippen LogP contribution in [0.2, 0.25) is 0 Å². The largest absolute Gasteiger partial charge is 0.381 e. The van der Waals surface area contributed by atoms with E-state index in [9.17, 15) is 0 Å². The number of nitrogens with zero attached hydrogens (tertiary/aromatic N) is 1. The predicted octanol–water partition coefficient (Wildman–Crippen LogP) is 1.74. The van der Waals surface area contributed by atoms with Crippen LogP contribution in [-0.4, -0.2) is 31.3 Å². The molecule has 3 nitrogen and oxygen atoms in total. The first-order chi connectivity index (χ1) is 8.40. The van der Waals surface area contributed by atoms with Gasteiger partial charge in [-0.3, -0.25) is 4.98 Å². The minimum absolute atomic E-state index is 0.522. The first-order valence-corrected chi connectivity index (χ1v) is 6.59. The van der Waals surface area contributed by atoms with Crippen LogP contribution in [0, 0.1) is 5.92 Å². The summed E-state index contributed by atoms with van der Waals surface area (Å²) in [5.41, 5.74) is 2.76. The minimum atomic E-state index is 0.522. The second-order valence-electron chi connectivity index (χ2n) is 5.13. The van der Waals surface area contributed by atoms with Gasteiger partial charge in [0.25, 0.3) is 0 Å². The Morgan fingerprint density at radius 1 is 1.47 bits per heavy atom. The fraction of sp³-hybridized carbons (Fsp3) is 0.643. The zero-order valence-electron chi connectivity index (χ0n) is 10.4. The second kappa shape index (κ2) is 4.75. The van der Waals surface area contributed by atoms with Crippen LogP contribution in [0.3, 0.4) is 0 Å². The Morgan fingerprint density at radius 3 is 3.18 bits per heavy atom. The van der Waals surface area contributed by atoms with Crippen molar-refractivity contribution in [3.05, 3.63) is 29.6 Å². The molecule has 1 N–H and O–H groups in total. The third-order valence-electron chi connectivity index (χ3n) is 4.24. The van der Waals surface area contributed by atoms with Gasteiger partial charge in [0.2, 0.25) is 0 Å². The van der Waals surface area contributed by atoms with Crippen molar-refractivity contribution in [1.29, 1.82) is 0 Å². The van der Waals surface area contributed by atoms with Crippen LogP contribution >= 0.6 is 0 Å². The first-order valence-electron chi connectivity index (χ1n) is 6.59. The molecule has 3 heteroatoms. The van der Waals surface area contributed by atoms with Crippen molar-refractivity contribution in [2.24, 2.45) is 5.92 Å². The van der Waals surface area contributed by atoms with E-state index in [2.05, 4.69) is 23.4 Å². The van der Waals surface area contributed by atoms with Gasteiger partial charge < -0.3 is 10.1 Å². The summed E-state index contributed by atoms with van der Waals surface area (Å²) in [4.78, 5) is 4.60. The van der Waals surface area contributed by atoms with Gasteiger partial charge in [-0.25, -0.2) is 0 Å². The van der Waals surface area contributed by atoms with Gasteiger partial charge in [-0.05, 0) is 37.9 Å². The van der Waals surface area contributed by atoms with E-state index in [1.165, 1.54) is 30.5 Å². The van der Waals surface area contributed by atoms with Crippen molar-refractivity contribution in [3.63, 3.8) is 0 Å². The Morgan fingerprint density at radius 2 is 2.41 bits per heavy atom. The van der Waals surface area contributed by atoms with Gasteiger partial charge in [-0.1, -0.05) is 6.07 Å². The fourth-order valence-electron chi connectivity index (χ4n) is 3.39. The molecule has 0 aromatic carbocycles. The summed E-state index contributed by atoms with van der Waals surface area (Å²) in [6, 6.07) is 4.79. The molecule has 0 bridgehead atoms. The summed E-state index contributed by atoms with van der Waals surface area (Å²) in [6.07, 6.45) is 5.52. The predicted molar refractivity (Wildman–Crippen MR) is 67.1 cm³/mol. The smallest absolute Gasteiger partial charge is 0.0510 e. The highest BCUT2D eigenvalue weighted by Gasteiger charge is 2.36. The van der Waals surface area contributed by atoms with Crippen LogP contribution < -0.4 is 5.32 Å². The maximum absolute atomic E-state index is 5.53. The second-order valence-corrected chi connectivity index (χ2v) is 5.13. The van der Waals surface area contributed by atoms with Crippen LogP contribution in [0.1, 0.15) is 30.0 Å². The van der Waals surface area contributed by atoms with E-state index in [1.807, 2.05) is 12.3 Å². The minimum Gasteiger partial charge on any atom is -0.381 e. The van der Waals surface area contributed by atoms with Gasteiger partial charge in [-0.2, -0.15) is 0 Å². The van der Waals surface area contributed by atoms with Gasteiger partial charge in [-0.15, -0.1) is 0 Å². The standard InChI is InChI=1S/C14H20N2O/c1-15-13(11-6-8-17-9-11)12-5-4-10-3-2-7-16-14(10)12/h2-3,7,11-13,15H,4-6,8-9H2,1H3. The van der Waals surface area contributed by atoms with E-state index in [4.69, 9.17) is 4.74 Å². The molecule has 0 spiro atoms. The van der Waals surface area contributed by atoms with Crippen LogP contribution in [0.5, 0.6) is 0 Å². The van der Waals surface area contributed by atoms with Gasteiger partial charge >= 0.3 is 0 Å². The molecule has 92 valence electrons. The van der Waals surface area contributed by atoms with E-state index < -0.39 is 0 Å². The molecule has 3 rings (SSSR count). The molecule has 1 fully saturated rings. The Hall–Kier alpha value is -0.930. The zero-order chi connectivity index (χ0) is 11.7. The number of nitrogens with one attached hydrogen (secondary N) is 1. The SMILES string of the molecule is CNC(C1CCOC1)C1CCc2cccnc21. The molecule has 1 aliphatic carbocycles. The maximum Gasteiger partial charge on any atom is 0.0510 e. The average molecular weight is 232 g/mol. The highest BCUT2D eigenvalue weighted by atomic mass is 16.5. The van der Waals surface area contributed by atoms with E-state index in [0.29, 0.717) is 17.9 Å². The summed E-state index contributed by atoms with van der Waals surface area (Å²) in [5, 5.41) is 3.51. The number of hydrogen-bond donors (Lipinski definition) is 1. The number of pyridine rings is 1. The zero-order valence-corrected chi connectivity index (χ0v) is 10.4. The van der Waals surface area contributed by atoms with Crippen molar-refractivity contribution < 1.29 is 4.74 Å². The fourth-order valence-corrected chi connectivity index (χ4v) is 3.39. The normalized spacial score (nSPS) is 29.2. The molecular formula is C14H20N2O. The number of ether oxygens (including phenoxy) is 1. The van der Waals surface area contributed by atoms with Gasteiger partial charge in [0.05, 0.1) is 6.61 Å². The van der Waals surface area contributed by atoms with E-state index in [-0.39, 0.29) is 0 Å². The molecule has 3 atom stereocenters. The van der Waals surface area contributed by atoms with Gasteiger partial charge in [0.15, 0.2) is 0 Å². The van der Waals surface area contributed by atoms with Gasteiger partial charge in [0.1, 0.15) is 0 Å². The molecule has 2 aliphatic rings. The lowest BCUT2D eigenvalue weighted by molar-refractivity contribution is 0.173. The van der Waals surface area contributed by atoms with E-state index in [1.54, 1.807) is 0 Å². The molecule has 0 saturated carbocycles. The third kappa shape index (κ3) is 1.98. The van der Waals surface area contributed by atoms with Crippen LogP contribution in [-0.2, 0) is 11.2 Å². The topological polar surface area (TPSA) is 34.1 Å². The van der Waals surface area contributed by atoms with Crippen LogP contribution in [0.15, 0.2) is 18.3 Å². The van der Waals surface area contributed by atoms with Crippen LogP contribution in [0.4, 0.5) is 0 Å². The molecule has 1 aromatic rings. The van der Waals surface area contributed by atoms with Crippen molar-refractivity contribution >= 4 is 0 Å². The summed E-state index contributed by atoms with van der Waals surface area (Å²) in [5.74, 6) is 1.22. The number of aryl methyl sites for hydroxylation is 1. The maximum atomic E-state index is 5.53. The Labute approximate surface area is 103 Å². The van der Waals surface area contributed by atoms with E-state index >= 15 is 0 Å². The van der Waals surface area contributed by atoms with Crippen molar-refractivity contribution in [2.45, 2.75) is 31.2 Å². The average Bonchev–Trinajstić information content (AvgIpc) is 3.01. The molecule has 3 unspecified atom stereocenters. The van der Waals surface area contributed by atoms with E-state index in [0.717, 1.165) is 13.2 Å². The monoisotopic (exact) mass is 232 g/mol. The molecule has 1 aromatic heterocycles. The molecule has 0 amide bonds. The summed E-state index contributed by atoms with van der Waals surface area (Å²) in [7, 11) is 2.07. The third-order valence-corrected chi connectivity index (χ3v) is 4.24. The molecular weight excluding hydrogens is 212 g/mol. The van der Waals surface area contributed by atoms with Gasteiger partial charge in [0, 0.05) is 36.4 Å². The summed E-state index contributed by atoms with van der Waals surface area (Å²) in [6.45, 7) is 1.83. The van der Waals surface area contributed by atoms with Crippen molar-refractivity contribution in [3.8, 4) is 0 Å². The quantitative estimate of drug-likeness (QED) is 0.862. The first kappa shape index (κ1) is 11.2. The highest BCUT2D eigenvalue weighted by molar-refractivity contribution is 5.30. The lowest BCUT2D eigenvalue weighted by Crippen LogP contribution is -2.39. The van der Waals surface area contributed by atoms with Crippen molar-refractivity contribution in [2.75, 3.05) is 20.3 Å². The molecule has 0 radical (unpaired) electrons. The molecule has 2 heterocycles. The number of rotatable bonds is 3. The lowest BCUT2D eigenvalue weighted by Gasteiger charge is -2.28. The Kier molecular flexibility index (Phi) is 3.12. The lowest BCUT2D eigenvalue weighted by atomic mass is 9.86. The number of aromatic nitrogens is 1. The molecule has 17 heavy (non-hydrogen) atoms. The van der Waals surface area contributed by atoms with Crippen LogP contribution in [0.25, 0.3) is 0 Å². The Bertz CT molecular complexity index is 388. The Balaban J connectivity index is 1.84. The highest BCUT2D eigenvalue weighted by Crippen LogP contribution is 2.37. The molecule has 1 saturated heterocycles. The molecule has 1 aliphatic heterocycles. The summed E-state index contributed by atoms with van der Waals surface area (Å²) < 4.78 is 5.53. The number of fused-ring (bicyclic) bond motifs is 1. The number of hydrogen-bond acceptors (Lipinski definition) is 3. The summed E-state index contributed by atoms with van der Waals surface area (Å²) >= 11 is 0. The number of likely N-dealkylation sites (N-methyl/N-ethyl adjacent to an activating group) is 1. The van der Waals surface area contributed by atoms with Crippen molar-refractivity contribution in [1.82, 2.24) is 10.3 Å².